The van der Waals surface area contributed by atoms with Crippen LogP contribution < -0.4 is 0 Å². The molecule has 0 saturated carbocycles. The fourth-order valence-corrected chi connectivity index (χ4v) is 2.81. The lowest BCUT2D eigenvalue weighted by molar-refractivity contribution is -0.185. The van der Waals surface area contributed by atoms with Crippen LogP contribution in [0.1, 0.15) is 29.0 Å². The van der Waals surface area contributed by atoms with Crippen molar-refractivity contribution in [1.82, 2.24) is 4.90 Å². The molecule has 0 aromatic carbocycles. The van der Waals surface area contributed by atoms with Gasteiger partial charge in [0.25, 0.3) is 0 Å². The van der Waals surface area contributed by atoms with E-state index in [-0.39, 0.29) is 5.79 Å². The van der Waals surface area contributed by atoms with Gasteiger partial charge in [-0.05, 0) is 6.07 Å². The highest BCUT2D eigenvalue weighted by atomic mass is 16.7. The number of ether oxygens (including phenoxy) is 3. The topological polar surface area (TPSA) is 61.1 Å². The van der Waals surface area contributed by atoms with Gasteiger partial charge in [0.05, 0.1) is 26.6 Å². The number of esters is 1. The molecule has 1 spiro atoms. The van der Waals surface area contributed by atoms with Gasteiger partial charge in [0.15, 0.2) is 5.79 Å². The molecule has 0 N–H and O–H groups in total. The standard InChI is InChI=1S/C14H19NO5/c1-17-13(16)12-11(2-7-18-12)10-15-5-3-14(4-6-15)19-8-9-20-14/h2,7H,3-6,8-10H2,1H3. The molecule has 0 bridgehead atoms. The van der Waals surface area contributed by atoms with Crippen molar-refractivity contribution in [1.29, 1.82) is 0 Å². The number of likely N-dealkylation sites (tertiary alicyclic amines) is 1. The predicted molar refractivity (Wildman–Crippen MR) is 69.2 cm³/mol. The molecular formula is C14H19NO5. The Labute approximate surface area is 117 Å². The van der Waals surface area contributed by atoms with Gasteiger partial charge in [0.1, 0.15) is 0 Å². The van der Waals surface area contributed by atoms with Crippen LogP contribution in [0.25, 0.3) is 0 Å². The largest absolute Gasteiger partial charge is 0.463 e. The molecule has 110 valence electrons. The number of carbonyl (C=O) groups is 1. The van der Waals surface area contributed by atoms with Gasteiger partial charge >= 0.3 is 5.97 Å². The van der Waals surface area contributed by atoms with Gasteiger partial charge in [0, 0.05) is 38.0 Å². The van der Waals surface area contributed by atoms with E-state index in [1.54, 1.807) is 0 Å². The van der Waals surface area contributed by atoms with Crippen molar-refractivity contribution in [2.24, 2.45) is 0 Å². The van der Waals surface area contributed by atoms with E-state index < -0.39 is 5.97 Å². The molecule has 0 atom stereocenters. The van der Waals surface area contributed by atoms with Gasteiger partial charge in [0.2, 0.25) is 5.76 Å². The number of methoxy groups -OCH3 is 1. The zero-order valence-electron chi connectivity index (χ0n) is 11.6. The molecule has 2 fully saturated rings. The second-order valence-corrected chi connectivity index (χ2v) is 5.15. The average Bonchev–Trinajstić information content (AvgIpc) is 3.11. The van der Waals surface area contributed by atoms with Crippen LogP contribution >= 0.6 is 0 Å². The first kappa shape index (κ1) is 13.6. The van der Waals surface area contributed by atoms with Crippen LogP contribution in [0.5, 0.6) is 0 Å². The molecule has 1 aromatic rings. The molecule has 0 amide bonds. The lowest BCUT2D eigenvalue weighted by Gasteiger charge is -2.37. The van der Waals surface area contributed by atoms with E-state index in [0.29, 0.717) is 25.5 Å². The van der Waals surface area contributed by atoms with E-state index in [1.807, 2.05) is 6.07 Å². The average molecular weight is 281 g/mol. The minimum Gasteiger partial charge on any atom is -0.463 e. The van der Waals surface area contributed by atoms with E-state index in [0.717, 1.165) is 31.5 Å². The van der Waals surface area contributed by atoms with Crippen molar-refractivity contribution in [3.63, 3.8) is 0 Å². The van der Waals surface area contributed by atoms with E-state index in [2.05, 4.69) is 4.90 Å². The quantitative estimate of drug-likeness (QED) is 0.781. The van der Waals surface area contributed by atoms with Gasteiger partial charge in [-0.25, -0.2) is 4.79 Å². The number of hydrogen-bond donors (Lipinski definition) is 0. The molecule has 0 radical (unpaired) electrons. The summed E-state index contributed by atoms with van der Waals surface area (Å²) < 4.78 is 21.3. The normalized spacial score (nSPS) is 22.2. The Balaban J connectivity index is 1.60. The maximum atomic E-state index is 11.6. The second kappa shape index (κ2) is 5.55. The summed E-state index contributed by atoms with van der Waals surface area (Å²) in [5.41, 5.74) is 0.862. The van der Waals surface area contributed by atoms with Crippen LogP contribution in [0, 0.1) is 0 Å². The second-order valence-electron chi connectivity index (χ2n) is 5.15. The molecule has 2 aliphatic heterocycles. The van der Waals surface area contributed by atoms with Crippen LogP contribution in [0.15, 0.2) is 16.7 Å². The summed E-state index contributed by atoms with van der Waals surface area (Å²) in [7, 11) is 1.36. The molecule has 1 aromatic heterocycles. The lowest BCUT2D eigenvalue weighted by Crippen LogP contribution is -2.44. The molecule has 0 unspecified atom stereocenters. The summed E-state index contributed by atoms with van der Waals surface area (Å²) in [6, 6.07) is 1.82. The van der Waals surface area contributed by atoms with Crippen LogP contribution in [0.2, 0.25) is 0 Å². The highest BCUT2D eigenvalue weighted by Gasteiger charge is 2.39. The summed E-state index contributed by atoms with van der Waals surface area (Å²) in [4.78, 5) is 13.8. The Bertz CT molecular complexity index is 468. The van der Waals surface area contributed by atoms with Crippen molar-refractivity contribution in [3.8, 4) is 0 Å². The fourth-order valence-electron chi connectivity index (χ4n) is 2.81. The molecule has 2 saturated heterocycles. The fraction of sp³-hybridized carbons (Fsp3) is 0.643. The molecule has 6 heteroatoms. The van der Waals surface area contributed by atoms with Gasteiger partial charge in [-0.2, -0.15) is 0 Å². The maximum absolute atomic E-state index is 11.6. The van der Waals surface area contributed by atoms with Gasteiger partial charge in [-0.3, -0.25) is 4.90 Å². The highest BCUT2D eigenvalue weighted by Crippen LogP contribution is 2.32. The van der Waals surface area contributed by atoms with Crippen LogP contribution in [0.3, 0.4) is 0 Å². The van der Waals surface area contributed by atoms with Crippen molar-refractivity contribution < 1.29 is 23.4 Å². The Morgan fingerprint density at radius 2 is 2.05 bits per heavy atom. The zero-order valence-corrected chi connectivity index (χ0v) is 11.6. The van der Waals surface area contributed by atoms with Gasteiger partial charge in [-0.1, -0.05) is 0 Å². The summed E-state index contributed by atoms with van der Waals surface area (Å²) in [5.74, 6) is -0.500. The number of piperidine rings is 1. The van der Waals surface area contributed by atoms with E-state index in [9.17, 15) is 4.79 Å². The Hall–Kier alpha value is -1.37. The maximum Gasteiger partial charge on any atom is 0.374 e. The van der Waals surface area contributed by atoms with Crippen LogP contribution in [0.4, 0.5) is 0 Å². The molecule has 3 rings (SSSR count). The van der Waals surface area contributed by atoms with Crippen molar-refractivity contribution in [2.45, 2.75) is 25.2 Å². The summed E-state index contributed by atoms with van der Waals surface area (Å²) >= 11 is 0. The molecule has 0 aliphatic carbocycles. The van der Waals surface area contributed by atoms with Crippen molar-refractivity contribution in [3.05, 3.63) is 23.7 Å². The summed E-state index contributed by atoms with van der Waals surface area (Å²) in [5, 5.41) is 0. The van der Waals surface area contributed by atoms with Gasteiger partial charge < -0.3 is 18.6 Å². The zero-order chi connectivity index (χ0) is 14.0. The van der Waals surface area contributed by atoms with E-state index >= 15 is 0 Å². The smallest absolute Gasteiger partial charge is 0.374 e. The highest BCUT2D eigenvalue weighted by molar-refractivity contribution is 5.87. The lowest BCUT2D eigenvalue weighted by atomic mass is 10.0. The molecular weight excluding hydrogens is 262 g/mol. The third-order valence-electron chi connectivity index (χ3n) is 3.94. The number of hydrogen-bond acceptors (Lipinski definition) is 6. The monoisotopic (exact) mass is 281 g/mol. The molecule has 20 heavy (non-hydrogen) atoms. The van der Waals surface area contributed by atoms with Crippen LogP contribution in [-0.2, 0) is 20.8 Å². The first-order chi connectivity index (χ1) is 9.72. The van der Waals surface area contributed by atoms with E-state index in [4.69, 9.17) is 18.6 Å². The molecule has 6 nitrogen and oxygen atoms in total. The SMILES string of the molecule is COC(=O)c1occc1CN1CCC2(CC1)OCCO2. The minimum atomic E-state index is -0.430. The van der Waals surface area contributed by atoms with Gasteiger partial charge in [-0.15, -0.1) is 0 Å². The number of rotatable bonds is 3. The number of carbonyl (C=O) groups excluding carboxylic acids is 1. The summed E-state index contributed by atoms with van der Waals surface area (Å²) in [6.07, 6.45) is 3.24. The molecule has 3 heterocycles. The minimum absolute atomic E-state index is 0.293. The number of furan rings is 1. The predicted octanol–water partition coefficient (Wildman–Crippen LogP) is 1.41. The Morgan fingerprint density at radius 3 is 2.70 bits per heavy atom. The van der Waals surface area contributed by atoms with Crippen molar-refractivity contribution >= 4 is 5.97 Å². The first-order valence-corrected chi connectivity index (χ1v) is 6.87. The van der Waals surface area contributed by atoms with Crippen LogP contribution in [-0.4, -0.2) is 50.1 Å². The molecule has 2 aliphatic rings. The Kier molecular flexibility index (Phi) is 3.78. The third-order valence-corrected chi connectivity index (χ3v) is 3.94. The summed E-state index contributed by atoms with van der Waals surface area (Å²) in [6.45, 7) is 3.82. The third kappa shape index (κ3) is 2.59. The van der Waals surface area contributed by atoms with E-state index in [1.165, 1.54) is 13.4 Å². The Morgan fingerprint density at radius 1 is 1.35 bits per heavy atom. The first-order valence-electron chi connectivity index (χ1n) is 6.87. The number of nitrogens with zero attached hydrogens (tertiary/aromatic N) is 1. The van der Waals surface area contributed by atoms with Crippen molar-refractivity contribution in [2.75, 3.05) is 33.4 Å².